The average molecular weight is 401 g/mol. The number of benzene rings is 1. The lowest BCUT2D eigenvalue weighted by Gasteiger charge is -2.32. The van der Waals surface area contributed by atoms with Gasteiger partial charge in [0.2, 0.25) is 10.0 Å². The third kappa shape index (κ3) is 4.36. The van der Waals surface area contributed by atoms with Crippen molar-refractivity contribution in [3.8, 4) is 0 Å². The van der Waals surface area contributed by atoms with Crippen molar-refractivity contribution in [2.24, 2.45) is 0 Å². The molecule has 1 aliphatic heterocycles. The number of nitrogens with zero attached hydrogens (tertiary/aromatic N) is 3. The van der Waals surface area contributed by atoms with Crippen molar-refractivity contribution in [3.05, 3.63) is 53.0 Å². The molecule has 0 saturated carbocycles. The van der Waals surface area contributed by atoms with Crippen molar-refractivity contribution in [1.82, 2.24) is 14.3 Å². The molecule has 28 heavy (non-hydrogen) atoms. The molecule has 0 atom stereocenters. The smallest absolute Gasteiger partial charge is 0.218 e. The summed E-state index contributed by atoms with van der Waals surface area (Å²) in [5, 5.41) is 3.60. The Balaban J connectivity index is 1.39. The number of aromatic nitrogens is 2. The van der Waals surface area contributed by atoms with Crippen LogP contribution in [0, 0.1) is 6.92 Å². The molecule has 4 rings (SSSR count). The summed E-state index contributed by atoms with van der Waals surface area (Å²) in [6, 6.07) is 9.65. The number of hydrogen-bond acceptors (Lipinski definition) is 5. The van der Waals surface area contributed by atoms with E-state index in [1.807, 2.05) is 37.3 Å². The summed E-state index contributed by atoms with van der Waals surface area (Å²) in [7, 11) is -3.27. The van der Waals surface area contributed by atoms with Crippen molar-refractivity contribution >= 4 is 15.8 Å². The molecule has 0 unspecified atom stereocenters. The maximum absolute atomic E-state index is 12.7. The summed E-state index contributed by atoms with van der Waals surface area (Å²) in [5.41, 5.74) is 3.28. The normalized spacial score (nSPS) is 18.6. The molecule has 2 aliphatic rings. The molecule has 0 bridgehead atoms. The van der Waals surface area contributed by atoms with Crippen molar-refractivity contribution in [3.63, 3.8) is 0 Å². The molecule has 7 heteroatoms. The zero-order chi connectivity index (χ0) is 19.6. The molecule has 1 aromatic carbocycles. The van der Waals surface area contributed by atoms with Crippen LogP contribution in [0.25, 0.3) is 0 Å². The summed E-state index contributed by atoms with van der Waals surface area (Å²) >= 11 is 0. The Hall–Kier alpha value is -1.99. The minimum Gasteiger partial charge on any atom is -0.367 e. The van der Waals surface area contributed by atoms with Crippen LogP contribution in [-0.2, 0) is 28.6 Å². The summed E-state index contributed by atoms with van der Waals surface area (Å²) in [5.74, 6) is 1.85. The Morgan fingerprint density at radius 3 is 2.54 bits per heavy atom. The minimum atomic E-state index is -3.27. The Bertz CT molecular complexity index is 923. The van der Waals surface area contributed by atoms with Crippen LogP contribution in [-0.4, -0.2) is 41.8 Å². The van der Waals surface area contributed by atoms with Crippen molar-refractivity contribution < 1.29 is 8.42 Å². The van der Waals surface area contributed by atoms with Crippen molar-refractivity contribution in [1.29, 1.82) is 0 Å². The van der Waals surface area contributed by atoms with Crippen LogP contribution in [0.4, 0.5) is 5.82 Å². The van der Waals surface area contributed by atoms with Crippen LogP contribution >= 0.6 is 0 Å². The van der Waals surface area contributed by atoms with Gasteiger partial charge in [0.15, 0.2) is 0 Å². The highest BCUT2D eigenvalue weighted by Gasteiger charge is 2.29. The molecule has 6 nitrogen and oxygen atoms in total. The second-order valence-corrected chi connectivity index (χ2v) is 9.78. The lowest BCUT2D eigenvalue weighted by Crippen LogP contribution is -2.43. The van der Waals surface area contributed by atoms with Crippen LogP contribution in [0.3, 0.4) is 0 Å². The number of aryl methyl sites for hydroxylation is 2. The Morgan fingerprint density at radius 1 is 1.07 bits per heavy atom. The van der Waals surface area contributed by atoms with Gasteiger partial charge in [0.1, 0.15) is 11.6 Å². The van der Waals surface area contributed by atoms with E-state index in [2.05, 4.69) is 15.3 Å². The number of piperidine rings is 1. The molecule has 1 saturated heterocycles. The molecule has 0 spiro atoms. The van der Waals surface area contributed by atoms with Gasteiger partial charge >= 0.3 is 0 Å². The summed E-state index contributed by atoms with van der Waals surface area (Å²) in [6.45, 7) is 3.05. The summed E-state index contributed by atoms with van der Waals surface area (Å²) in [4.78, 5) is 9.26. The molecule has 150 valence electrons. The highest BCUT2D eigenvalue weighted by Crippen LogP contribution is 2.27. The lowest BCUT2D eigenvalue weighted by molar-refractivity contribution is 0.329. The molecule has 0 amide bonds. The maximum Gasteiger partial charge on any atom is 0.218 e. The molecule has 1 N–H and O–H groups in total. The molecule has 0 radical (unpaired) electrons. The van der Waals surface area contributed by atoms with Crippen LogP contribution in [0.15, 0.2) is 30.3 Å². The van der Waals surface area contributed by atoms with E-state index in [1.54, 1.807) is 4.31 Å². The van der Waals surface area contributed by atoms with Gasteiger partial charge < -0.3 is 5.32 Å². The second kappa shape index (κ2) is 8.17. The minimum absolute atomic E-state index is 0.0740. The van der Waals surface area contributed by atoms with E-state index in [4.69, 9.17) is 0 Å². The Kier molecular flexibility index (Phi) is 5.64. The molecule has 1 aromatic heterocycles. The van der Waals surface area contributed by atoms with E-state index in [-0.39, 0.29) is 11.8 Å². The van der Waals surface area contributed by atoms with E-state index in [1.165, 1.54) is 24.1 Å². The quantitative estimate of drug-likeness (QED) is 0.835. The maximum atomic E-state index is 12.7. The third-order valence-corrected chi connectivity index (χ3v) is 7.53. The fraction of sp³-hybridized carbons (Fsp3) is 0.524. The monoisotopic (exact) mass is 400 g/mol. The van der Waals surface area contributed by atoms with E-state index in [0.29, 0.717) is 13.1 Å². The van der Waals surface area contributed by atoms with E-state index < -0.39 is 10.0 Å². The van der Waals surface area contributed by atoms with Crippen molar-refractivity contribution in [2.75, 3.05) is 18.4 Å². The van der Waals surface area contributed by atoms with Gasteiger partial charge in [-0.3, -0.25) is 0 Å². The first-order valence-electron chi connectivity index (χ1n) is 10.2. The molecule has 2 aromatic rings. The molecular formula is C21H28N4O2S. The number of anilines is 1. The topological polar surface area (TPSA) is 75.2 Å². The highest BCUT2D eigenvalue weighted by molar-refractivity contribution is 7.88. The van der Waals surface area contributed by atoms with Gasteiger partial charge in [-0.05, 0) is 51.0 Å². The van der Waals surface area contributed by atoms with Crippen LogP contribution < -0.4 is 5.32 Å². The highest BCUT2D eigenvalue weighted by atomic mass is 32.2. The zero-order valence-corrected chi connectivity index (χ0v) is 17.2. The first-order chi connectivity index (χ1) is 13.5. The van der Waals surface area contributed by atoms with Gasteiger partial charge in [0.25, 0.3) is 0 Å². The molecule has 1 fully saturated rings. The third-order valence-electron chi connectivity index (χ3n) is 5.67. The van der Waals surface area contributed by atoms with E-state index in [0.717, 1.165) is 42.9 Å². The predicted molar refractivity (Wildman–Crippen MR) is 111 cm³/mol. The summed E-state index contributed by atoms with van der Waals surface area (Å²) in [6.07, 6.45) is 6.04. The predicted octanol–water partition coefficient (Wildman–Crippen LogP) is 3.07. The molecular weight excluding hydrogens is 372 g/mol. The lowest BCUT2D eigenvalue weighted by atomic mass is 9.96. The van der Waals surface area contributed by atoms with Crippen LogP contribution in [0.1, 0.15) is 48.3 Å². The summed E-state index contributed by atoms with van der Waals surface area (Å²) < 4.78 is 27.1. The van der Waals surface area contributed by atoms with Gasteiger partial charge in [0.05, 0.1) is 5.75 Å². The number of sulfonamides is 1. The number of nitrogens with one attached hydrogen (secondary N) is 1. The van der Waals surface area contributed by atoms with Gasteiger partial charge in [0, 0.05) is 30.4 Å². The fourth-order valence-corrected chi connectivity index (χ4v) is 5.75. The van der Waals surface area contributed by atoms with Gasteiger partial charge in [-0.15, -0.1) is 0 Å². The standard InChI is InChI=1S/C21H28N4O2S/c1-16-22-20-10-6-5-9-19(20)21(23-16)24-18-11-13-25(14-12-18)28(26,27)15-17-7-3-2-4-8-17/h2-4,7-8,18H,5-6,9-15H2,1H3,(H,22,23,24). The number of fused-ring (bicyclic) bond motifs is 1. The SMILES string of the molecule is Cc1nc2c(c(NC3CCN(S(=O)(=O)Cc4ccccc4)CC3)n1)CCCC2. The van der Waals surface area contributed by atoms with Gasteiger partial charge in [-0.1, -0.05) is 30.3 Å². The largest absolute Gasteiger partial charge is 0.367 e. The Labute approximate surface area is 167 Å². The number of hydrogen-bond donors (Lipinski definition) is 1. The van der Waals surface area contributed by atoms with Crippen LogP contribution in [0.5, 0.6) is 0 Å². The molecule has 1 aliphatic carbocycles. The first-order valence-corrected chi connectivity index (χ1v) is 11.8. The average Bonchev–Trinajstić information content (AvgIpc) is 2.69. The first kappa shape index (κ1) is 19.3. The van der Waals surface area contributed by atoms with Gasteiger partial charge in [-0.2, -0.15) is 0 Å². The number of rotatable bonds is 5. The Morgan fingerprint density at radius 2 is 1.79 bits per heavy atom. The van der Waals surface area contributed by atoms with E-state index >= 15 is 0 Å². The second-order valence-electron chi connectivity index (χ2n) is 7.81. The fourth-order valence-electron chi connectivity index (χ4n) is 4.18. The molecule has 2 heterocycles. The van der Waals surface area contributed by atoms with Gasteiger partial charge in [-0.25, -0.2) is 22.7 Å². The van der Waals surface area contributed by atoms with E-state index in [9.17, 15) is 8.42 Å². The van der Waals surface area contributed by atoms with Crippen molar-refractivity contribution in [2.45, 2.75) is 57.2 Å². The zero-order valence-electron chi connectivity index (χ0n) is 16.4. The van der Waals surface area contributed by atoms with Crippen LogP contribution in [0.2, 0.25) is 0 Å².